The van der Waals surface area contributed by atoms with Crippen LogP contribution in [0.3, 0.4) is 0 Å². The number of nitrogens with two attached hydrogens (primary N) is 1. The Labute approximate surface area is 36.9 Å². The second kappa shape index (κ2) is 3.08. The van der Waals surface area contributed by atoms with E-state index in [0.717, 1.165) is 0 Å². The quantitative estimate of drug-likeness (QED) is 0.452. The topological polar surface area (TPSA) is 70.0 Å². The van der Waals surface area contributed by atoms with Crippen molar-refractivity contribution >= 4 is 0 Å². The molecule has 3 heteroatoms. The van der Waals surface area contributed by atoms with E-state index in [2.05, 4.69) is 0 Å². The molecule has 0 aliphatic rings. The second-order valence-corrected chi connectivity index (χ2v) is 1.09. The molecule has 0 aromatic rings. The first-order valence-electron chi connectivity index (χ1n) is 1.86. The zero-order valence-corrected chi connectivity index (χ0v) is 3.52. The summed E-state index contributed by atoms with van der Waals surface area (Å²) in [7, 11) is 0. The normalized spacial score (nSPS) is 14.5. The minimum atomic E-state index is -0.977. The van der Waals surface area contributed by atoms with E-state index in [9.17, 15) is 0 Å². The van der Waals surface area contributed by atoms with E-state index in [4.69, 9.17) is 16.6 Å². The van der Waals surface area contributed by atoms with E-state index in [0.29, 0.717) is 13.0 Å². The molecular formula is C3H9N2O. The zero-order chi connectivity index (χ0) is 4.99. The number of hydrogen-bond acceptors (Lipinski definition) is 2. The van der Waals surface area contributed by atoms with Gasteiger partial charge in [-0.3, -0.25) is 0 Å². The molecule has 4 N–H and O–H groups in total. The Morgan fingerprint density at radius 3 is 2.33 bits per heavy atom. The number of aliphatic hydroxyl groups is 1. The van der Waals surface area contributed by atoms with Crippen LogP contribution in [0.1, 0.15) is 6.42 Å². The summed E-state index contributed by atoms with van der Waals surface area (Å²) in [4.78, 5) is 0. The lowest BCUT2D eigenvalue weighted by Crippen LogP contribution is -2.13. The summed E-state index contributed by atoms with van der Waals surface area (Å²) < 4.78 is 0. The maximum absolute atomic E-state index is 8.14. The summed E-state index contributed by atoms with van der Waals surface area (Å²) in [5, 5.41) is 8.14. The number of hydrogen-bond donors (Lipinski definition) is 2. The van der Waals surface area contributed by atoms with Crippen LogP contribution in [0.25, 0.3) is 0 Å². The third-order valence-electron chi connectivity index (χ3n) is 0.440. The molecule has 0 fully saturated rings. The van der Waals surface area contributed by atoms with Gasteiger partial charge in [0, 0.05) is 6.42 Å². The molecule has 1 atom stereocenters. The molecule has 0 heterocycles. The van der Waals surface area contributed by atoms with Gasteiger partial charge < -0.3 is 10.8 Å². The van der Waals surface area contributed by atoms with E-state index in [1.165, 1.54) is 0 Å². The number of rotatable bonds is 2. The highest BCUT2D eigenvalue weighted by atomic mass is 16.3. The van der Waals surface area contributed by atoms with Gasteiger partial charge in [0.15, 0.2) is 0 Å². The monoisotopic (exact) mass is 89.1 g/mol. The van der Waals surface area contributed by atoms with Gasteiger partial charge in [0.05, 0.1) is 0 Å². The first-order chi connectivity index (χ1) is 2.77. The maximum Gasteiger partial charge on any atom is 0.118 e. The molecule has 0 aromatic carbocycles. The van der Waals surface area contributed by atoms with Gasteiger partial charge in [-0.05, 0) is 6.54 Å². The van der Waals surface area contributed by atoms with E-state index >= 15 is 0 Å². The van der Waals surface area contributed by atoms with Gasteiger partial charge in [0.2, 0.25) is 0 Å². The van der Waals surface area contributed by atoms with Crippen molar-refractivity contribution in [2.75, 3.05) is 6.54 Å². The van der Waals surface area contributed by atoms with Gasteiger partial charge in [-0.1, -0.05) is 0 Å². The Balaban J connectivity index is 2.63. The summed E-state index contributed by atoms with van der Waals surface area (Å²) in [6.45, 7) is 0.394. The van der Waals surface area contributed by atoms with Crippen LogP contribution >= 0.6 is 0 Å². The van der Waals surface area contributed by atoms with Crippen LogP contribution in [0.4, 0.5) is 0 Å². The molecule has 0 aromatic heterocycles. The van der Waals surface area contributed by atoms with E-state index in [-0.39, 0.29) is 0 Å². The van der Waals surface area contributed by atoms with Crippen LogP contribution in [0.5, 0.6) is 0 Å². The van der Waals surface area contributed by atoms with E-state index in [1.54, 1.807) is 0 Å². The van der Waals surface area contributed by atoms with Crippen LogP contribution in [-0.4, -0.2) is 17.9 Å². The summed E-state index contributed by atoms with van der Waals surface area (Å²) in [5.74, 6) is 0. The molecule has 1 unspecified atom stereocenters. The molecule has 1 radical (unpaired) electrons. The van der Waals surface area contributed by atoms with Crippen molar-refractivity contribution in [1.29, 1.82) is 0 Å². The van der Waals surface area contributed by atoms with Crippen LogP contribution < -0.4 is 11.5 Å². The van der Waals surface area contributed by atoms with Crippen molar-refractivity contribution in [3.05, 3.63) is 0 Å². The van der Waals surface area contributed by atoms with Crippen molar-refractivity contribution in [3.63, 3.8) is 0 Å². The SMILES string of the molecule is [NH]C(O)CCN. The van der Waals surface area contributed by atoms with Gasteiger partial charge in [-0.2, -0.15) is 0 Å². The van der Waals surface area contributed by atoms with E-state index in [1.807, 2.05) is 0 Å². The zero-order valence-electron chi connectivity index (χ0n) is 3.52. The smallest absolute Gasteiger partial charge is 0.118 e. The molecule has 0 amide bonds. The predicted octanol–water partition coefficient (Wildman–Crippen LogP) is -1.06. The van der Waals surface area contributed by atoms with Crippen molar-refractivity contribution in [2.45, 2.75) is 12.6 Å². The summed E-state index contributed by atoms with van der Waals surface area (Å²) in [5.41, 5.74) is 11.4. The minimum Gasteiger partial charge on any atom is -0.377 e. The van der Waals surface area contributed by atoms with Gasteiger partial charge in [0.25, 0.3) is 0 Å². The molecule has 0 rings (SSSR count). The summed E-state index contributed by atoms with van der Waals surface area (Å²) in [6.07, 6.45) is -0.602. The lowest BCUT2D eigenvalue weighted by atomic mass is 10.4. The Morgan fingerprint density at radius 2 is 2.33 bits per heavy atom. The van der Waals surface area contributed by atoms with Crippen LogP contribution in [0.15, 0.2) is 0 Å². The average Bonchev–Trinajstić information content (AvgIpc) is 1.35. The van der Waals surface area contributed by atoms with Crippen molar-refractivity contribution in [2.24, 2.45) is 5.73 Å². The van der Waals surface area contributed by atoms with Crippen molar-refractivity contribution in [3.8, 4) is 0 Å². The van der Waals surface area contributed by atoms with Crippen LogP contribution in [-0.2, 0) is 0 Å². The van der Waals surface area contributed by atoms with Gasteiger partial charge in [-0.25, -0.2) is 5.73 Å². The highest BCUT2D eigenvalue weighted by molar-refractivity contribution is 4.40. The first kappa shape index (κ1) is 5.88. The first-order valence-corrected chi connectivity index (χ1v) is 1.86. The Morgan fingerprint density at radius 1 is 1.83 bits per heavy atom. The molecule has 0 spiro atoms. The van der Waals surface area contributed by atoms with Gasteiger partial charge in [0.1, 0.15) is 6.23 Å². The minimum absolute atomic E-state index is 0.375. The van der Waals surface area contributed by atoms with Crippen molar-refractivity contribution < 1.29 is 5.11 Å². The average molecular weight is 89.1 g/mol. The highest BCUT2D eigenvalue weighted by Crippen LogP contribution is 1.75. The largest absolute Gasteiger partial charge is 0.377 e. The second-order valence-electron chi connectivity index (χ2n) is 1.09. The Hall–Kier alpha value is -0.120. The van der Waals surface area contributed by atoms with Gasteiger partial charge >= 0.3 is 0 Å². The lowest BCUT2D eigenvalue weighted by molar-refractivity contribution is 0.167. The Bertz CT molecular complexity index is 30.0. The predicted molar refractivity (Wildman–Crippen MR) is 22.8 cm³/mol. The fourth-order valence-electron chi connectivity index (χ4n) is 0.158. The standard InChI is InChI=1S/C3H9N2O/c4-2-1-3(5)6/h3,5-6H,1-2,4H2. The maximum atomic E-state index is 8.14. The summed E-state index contributed by atoms with van der Waals surface area (Å²) in [6, 6.07) is 0. The lowest BCUT2D eigenvalue weighted by Gasteiger charge is -1.94. The third-order valence-corrected chi connectivity index (χ3v) is 0.440. The molecule has 0 saturated heterocycles. The molecule has 0 aliphatic carbocycles. The number of nitrogens with one attached hydrogen (secondary N) is 1. The molecule has 3 nitrogen and oxygen atoms in total. The number of aliphatic hydroxyl groups excluding tert-OH is 1. The third kappa shape index (κ3) is 3.88. The fraction of sp³-hybridized carbons (Fsp3) is 1.00. The van der Waals surface area contributed by atoms with Crippen LogP contribution in [0.2, 0.25) is 0 Å². The highest BCUT2D eigenvalue weighted by Gasteiger charge is 1.88. The summed E-state index contributed by atoms with van der Waals surface area (Å²) >= 11 is 0. The molecule has 0 aliphatic heterocycles. The molecule has 0 bridgehead atoms. The molecule has 6 heavy (non-hydrogen) atoms. The van der Waals surface area contributed by atoms with Gasteiger partial charge in [-0.15, -0.1) is 0 Å². The van der Waals surface area contributed by atoms with E-state index < -0.39 is 6.23 Å². The Kier molecular flexibility index (Phi) is 3.02. The molecular weight excluding hydrogens is 80.0 g/mol. The van der Waals surface area contributed by atoms with Crippen molar-refractivity contribution in [1.82, 2.24) is 5.73 Å². The van der Waals surface area contributed by atoms with Crippen LogP contribution in [0, 0.1) is 0 Å². The molecule has 37 valence electrons. The fourth-order valence-corrected chi connectivity index (χ4v) is 0.158. The molecule has 0 saturated carbocycles.